The monoisotopic (exact) mass is 792 g/mol. The summed E-state index contributed by atoms with van der Waals surface area (Å²) in [7, 11) is 0. The van der Waals surface area contributed by atoms with Crippen LogP contribution in [0.1, 0.15) is 246 Å². The van der Waals surface area contributed by atoms with Crippen molar-refractivity contribution >= 4 is 34.9 Å². The summed E-state index contributed by atoms with van der Waals surface area (Å²) in [6.45, 7) is 8.36. The standard InChI is InChI=1S/C22H43NO2.C16H30O2.C7H12O3.Na.H2O/c1-2-3-4-5-6-8-11-16-21(24)18-13-14-19-22(25)17-12-9-7-10-15-20-23;1-3-4-5-6-7-8-9-13-16(18)14-11-10-12-15(2)17;1-6(8)4-2-3-5-7(9)10;;/h2-20,23H2,1H3;3-14H2,1-2H3;2-5H2,1H3,(H,9,10);;1H2/q;;;+1;/p-1. The van der Waals surface area contributed by atoms with E-state index in [0.717, 1.165) is 77.2 Å². The first kappa shape index (κ1) is 62.9. The molecule has 0 aromatic heterocycles. The van der Waals surface area contributed by atoms with Gasteiger partial charge in [-0.2, -0.15) is 0 Å². The molecule has 9 nitrogen and oxygen atoms in total. The van der Waals surface area contributed by atoms with E-state index in [9.17, 15) is 28.8 Å². The maximum Gasteiger partial charge on any atom is 1.00 e. The minimum Gasteiger partial charge on any atom is -0.870 e. The average molecular weight is 792 g/mol. The van der Waals surface area contributed by atoms with Gasteiger partial charge in [-0.15, -0.1) is 0 Å². The van der Waals surface area contributed by atoms with Crippen LogP contribution in [0.2, 0.25) is 0 Å². The molecular formula is C45H86NNaO8. The number of rotatable bonds is 38. The molecule has 0 atom stereocenters. The Kier molecular flexibility index (Phi) is 60.3. The van der Waals surface area contributed by atoms with Crippen LogP contribution in [-0.4, -0.2) is 52.0 Å². The molecule has 0 amide bonds. The summed E-state index contributed by atoms with van der Waals surface area (Å²) in [4.78, 5) is 66.2. The SMILES string of the molecule is CC(=O)CCCCC(=O)O.CCCCCCCCCC(=O)CCCCC(=O)CCCCCCCN.CCCCCCCCCC(=O)CCCCC(C)=O.[Na+].[OH-]. The number of carboxylic acid groups (broad SMARTS) is 1. The number of Topliss-reactive ketones (excluding diaryl/α,β-unsaturated/α-hetero) is 5. The molecule has 0 aliphatic carbocycles. The van der Waals surface area contributed by atoms with Crippen LogP contribution in [0.5, 0.6) is 0 Å². The molecule has 10 heteroatoms. The molecule has 0 spiro atoms. The van der Waals surface area contributed by atoms with Gasteiger partial charge in [-0.05, 0) is 84.6 Å². The number of carbonyl (C=O) groups excluding carboxylic acids is 5. The molecule has 0 heterocycles. The van der Waals surface area contributed by atoms with E-state index in [2.05, 4.69) is 13.8 Å². The summed E-state index contributed by atoms with van der Waals surface area (Å²) in [5.74, 6) is 0.717. The maximum absolute atomic E-state index is 11.8. The second-order valence-corrected chi connectivity index (χ2v) is 15.1. The van der Waals surface area contributed by atoms with Gasteiger partial charge < -0.3 is 25.9 Å². The second-order valence-electron chi connectivity index (χ2n) is 15.1. The smallest absolute Gasteiger partial charge is 0.870 e. The van der Waals surface area contributed by atoms with Gasteiger partial charge in [-0.1, -0.05) is 110 Å². The topological polar surface area (TPSA) is 179 Å². The van der Waals surface area contributed by atoms with Gasteiger partial charge in [0.05, 0.1) is 0 Å². The van der Waals surface area contributed by atoms with Gasteiger partial charge in [-0.3, -0.25) is 19.2 Å². The summed E-state index contributed by atoms with van der Waals surface area (Å²) < 4.78 is 0. The summed E-state index contributed by atoms with van der Waals surface area (Å²) in [6, 6.07) is 0. The van der Waals surface area contributed by atoms with E-state index < -0.39 is 5.97 Å². The molecule has 320 valence electrons. The summed E-state index contributed by atoms with van der Waals surface area (Å²) >= 11 is 0. The Morgan fingerprint density at radius 3 is 0.836 bits per heavy atom. The number of ketones is 5. The molecule has 0 aliphatic rings. The molecule has 55 heavy (non-hydrogen) atoms. The third-order valence-electron chi connectivity index (χ3n) is 9.34. The van der Waals surface area contributed by atoms with Gasteiger partial charge in [0.25, 0.3) is 0 Å². The fraction of sp³-hybridized carbons (Fsp3) is 0.867. The second kappa shape index (κ2) is 52.7. The van der Waals surface area contributed by atoms with Crippen molar-refractivity contribution in [2.24, 2.45) is 5.73 Å². The normalized spacial score (nSPS) is 10.1. The average Bonchev–Trinajstić information content (AvgIpc) is 3.11. The molecule has 0 unspecified atom stereocenters. The Morgan fingerprint density at radius 1 is 0.364 bits per heavy atom. The molecule has 4 N–H and O–H groups in total. The molecule has 0 saturated carbocycles. The summed E-state index contributed by atoms with van der Waals surface area (Å²) in [5.41, 5.74) is 5.46. The Bertz CT molecular complexity index is 880. The zero-order valence-electron chi connectivity index (χ0n) is 36.7. The predicted octanol–water partition coefficient (Wildman–Crippen LogP) is 9.02. The third kappa shape index (κ3) is 64.9. The molecule has 0 aliphatic heterocycles. The number of carboxylic acids is 1. The Balaban J connectivity index is -0.000000243. The van der Waals surface area contributed by atoms with Crippen molar-refractivity contribution in [2.75, 3.05) is 6.54 Å². The molecule has 0 bridgehead atoms. The first-order valence-corrected chi connectivity index (χ1v) is 22.0. The van der Waals surface area contributed by atoms with Crippen molar-refractivity contribution < 1.29 is 68.9 Å². The van der Waals surface area contributed by atoms with Gasteiger partial charge >= 0.3 is 35.5 Å². The largest absolute Gasteiger partial charge is 1.00 e. The fourth-order valence-corrected chi connectivity index (χ4v) is 5.92. The fourth-order valence-electron chi connectivity index (χ4n) is 5.92. The van der Waals surface area contributed by atoms with E-state index in [1.807, 2.05) is 0 Å². The van der Waals surface area contributed by atoms with Crippen molar-refractivity contribution in [3.63, 3.8) is 0 Å². The van der Waals surface area contributed by atoms with E-state index in [1.54, 1.807) is 6.92 Å². The van der Waals surface area contributed by atoms with Crippen molar-refractivity contribution in [3.8, 4) is 0 Å². The quantitative estimate of drug-likeness (QED) is 0.0456. The Morgan fingerprint density at radius 2 is 0.582 bits per heavy atom. The van der Waals surface area contributed by atoms with Gasteiger partial charge in [0, 0.05) is 57.8 Å². The molecule has 0 rings (SSSR count). The molecule has 0 radical (unpaired) electrons. The van der Waals surface area contributed by atoms with E-state index in [1.165, 1.54) is 96.8 Å². The summed E-state index contributed by atoms with van der Waals surface area (Å²) in [6.07, 6.45) is 33.6. The van der Waals surface area contributed by atoms with Crippen LogP contribution in [0.15, 0.2) is 0 Å². The minimum absolute atomic E-state index is 0. The maximum atomic E-state index is 11.8. The molecular weight excluding hydrogens is 705 g/mol. The molecule has 0 aromatic rings. The zero-order chi connectivity index (χ0) is 40.2. The van der Waals surface area contributed by atoms with Crippen LogP contribution in [0, 0.1) is 0 Å². The number of hydrogen-bond donors (Lipinski definition) is 2. The molecule has 0 aromatic carbocycles. The van der Waals surface area contributed by atoms with Crippen LogP contribution in [0.3, 0.4) is 0 Å². The first-order valence-electron chi connectivity index (χ1n) is 22.0. The number of aliphatic carboxylic acids is 1. The van der Waals surface area contributed by atoms with E-state index in [4.69, 9.17) is 10.8 Å². The first-order chi connectivity index (χ1) is 25.5. The van der Waals surface area contributed by atoms with Crippen molar-refractivity contribution in [3.05, 3.63) is 0 Å². The van der Waals surface area contributed by atoms with Gasteiger partial charge in [0.15, 0.2) is 0 Å². The van der Waals surface area contributed by atoms with Crippen LogP contribution >= 0.6 is 0 Å². The zero-order valence-corrected chi connectivity index (χ0v) is 38.7. The Labute approximate surface area is 360 Å². The van der Waals surface area contributed by atoms with Crippen LogP contribution in [-0.2, 0) is 28.8 Å². The number of unbranched alkanes of at least 4 members (excludes halogenated alkanes) is 19. The van der Waals surface area contributed by atoms with Crippen molar-refractivity contribution in [1.29, 1.82) is 0 Å². The van der Waals surface area contributed by atoms with Crippen molar-refractivity contribution in [2.45, 2.75) is 246 Å². The number of carbonyl (C=O) groups is 6. The number of hydrogen-bond acceptors (Lipinski definition) is 8. The molecule has 0 saturated heterocycles. The van der Waals surface area contributed by atoms with Crippen molar-refractivity contribution in [1.82, 2.24) is 0 Å². The van der Waals surface area contributed by atoms with Gasteiger partial charge in [0.2, 0.25) is 0 Å². The van der Waals surface area contributed by atoms with E-state index in [0.29, 0.717) is 68.7 Å². The third-order valence-corrected chi connectivity index (χ3v) is 9.34. The van der Waals surface area contributed by atoms with Crippen LogP contribution in [0.25, 0.3) is 0 Å². The van der Waals surface area contributed by atoms with E-state index in [-0.39, 0.29) is 53.0 Å². The summed E-state index contributed by atoms with van der Waals surface area (Å²) in [5, 5.41) is 8.19. The van der Waals surface area contributed by atoms with Crippen LogP contribution < -0.4 is 35.3 Å². The Hall–Kier alpha value is -1.26. The predicted molar refractivity (Wildman–Crippen MR) is 223 cm³/mol. The van der Waals surface area contributed by atoms with Gasteiger partial charge in [0.1, 0.15) is 28.9 Å². The minimum atomic E-state index is -0.788. The molecule has 0 fully saturated rings. The number of nitrogens with two attached hydrogens (primary N) is 1. The van der Waals surface area contributed by atoms with Gasteiger partial charge in [-0.25, -0.2) is 0 Å². The van der Waals surface area contributed by atoms with E-state index >= 15 is 0 Å². The van der Waals surface area contributed by atoms with Crippen LogP contribution in [0.4, 0.5) is 0 Å².